The van der Waals surface area contributed by atoms with E-state index in [0.29, 0.717) is 54.3 Å². The summed E-state index contributed by atoms with van der Waals surface area (Å²) < 4.78 is 29.1. The molecule has 0 atom stereocenters. The maximum Gasteiger partial charge on any atom is 0.242 e. The number of benzene rings is 2. The first-order valence-electron chi connectivity index (χ1n) is 14.0. The van der Waals surface area contributed by atoms with Crippen LogP contribution in [0.3, 0.4) is 0 Å². The van der Waals surface area contributed by atoms with Gasteiger partial charge >= 0.3 is 0 Å². The summed E-state index contributed by atoms with van der Waals surface area (Å²) >= 11 is 0. The highest BCUT2D eigenvalue weighted by molar-refractivity contribution is 7.89. The summed E-state index contributed by atoms with van der Waals surface area (Å²) in [7, 11) is 3.80. The van der Waals surface area contributed by atoms with Gasteiger partial charge in [-0.05, 0) is 50.7 Å². The van der Waals surface area contributed by atoms with E-state index in [-0.39, 0.29) is 0 Å². The Morgan fingerprint density at radius 2 is 1.70 bits per heavy atom. The zero-order chi connectivity index (χ0) is 30.4. The molecule has 0 aliphatic rings. The van der Waals surface area contributed by atoms with Gasteiger partial charge in [0.1, 0.15) is 12.1 Å². The lowest BCUT2D eigenvalue weighted by molar-refractivity contribution is 0.358. The van der Waals surface area contributed by atoms with Crippen LogP contribution in [0.25, 0.3) is 16.9 Å². The zero-order valence-electron chi connectivity index (χ0n) is 24.8. The van der Waals surface area contributed by atoms with Crippen LogP contribution >= 0.6 is 0 Å². The van der Waals surface area contributed by atoms with Crippen LogP contribution in [-0.4, -0.2) is 95.0 Å². The van der Waals surface area contributed by atoms with Crippen molar-refractivity contribution in [3.8, 4) is 11.3 Å². The number of hydrogen-bond donors (Lipinski definition) is 1. The van der Waals surface area contributed by atoms with Crippen LogP contribution in [0.5, 0.6) is 0 Å². The molecule has 0 spiro atoms. The monoisotopic (exact) mass is 600 g/mol. The summed E-state index contributed by atoms with van der Waals surface area (Å²) in [5.41, 5.74) is 3.40. The van der Waals surface area contributed by atoms with E-state index >= 15 is 0 Å². The van der Waals surface area contributed by atoms with Crippen molar-refractivity contribution in [3.63, 3.8) is 0 Å². The van der Waals surface area contributed by atoms with Gasteiger partial charge < -0.3 is 10.2 Å². The van der Waals surface area contributed by atoms with E-state index in [9.17, 15) is 8.42 Å². The molecule has 12 nitrogen and oxygen atoms in total. The summed E-state index contributed by atoms with van der Waals surface area (Å²) in [6.45, 7) is 1.69. The average molecular weight is 601 g/mol. The van der Waals surface area contributed by atoms with E-state index in [4.69, 9.17) is 9.97 Å². The molecule has 2 aromatic carbocycles. The van der Waals surface area contributed by atoms with Crippen molar-refractivity contribution in [2.24, 2.45) is 0 Å². The Morgan fingerprint density at radius 3 is 2.49 bits per heavy atom. The number of aryl methyl sites for hydroxylation is 1. The van der Waals surface area contributed by atoms with Crippen LogP contribution < -0.4 is 10.2 Å². The number of nitrogens with one attached hydrogen (secondary N) is 1. The van der Waals surface area contributed by atoms with Gasteiger partial charge in [-0.2, -0.15) is 18.9 Å². The molecule has 0 bridgehead atoms. The molecule has 13 heteroatoms. The topological polar surface area (TPSA) is 125 Å². The molecule has 0 amide bonds. The predicted molar refractivity (Wildman–Crippen MR) is 168 cm³/mol. The van der Waals surface area contributed by atoms with Crippen molar-refractivity contribution >= 4 is 33.4 Å². The van der Waals surface area contributed by atoms with Crippen molar-refractivity contribution in [2.45, 2.75) is 17.7 Å². The SMILES string of the molecule is CN(C)CCN(C)S(=O)(=O)c1cccc(CCCNc2nccc(N(C)c3nc(-c4ccccc4)cc4ncnn34)n2)c1. The van der Waals surface area contributed by atoms with Crippen molar-refractivity contribution in [1.82, 2.24) is 38.8 Å². The fourth-order valence-electron chi connectivity index (χ4n) is 4.51. The molecule has 0 aliphatic carbocycles. The van der Waals surface area contributed by atoms with Crippen molar-refractivity contribution < 1.29 is 8.42 Å². The first-order chi connectivity index (χ1) is 20.7. The second-order valence-corrected chi connectivity index (χ2v) is 12.5. The number of nitrogens with zero attached hydrogens (tertiary/aromatic N) is 9. The Hall–Kier alpha value is -4.46. The Morgan fingerprint density at radius 1 is 0.884 bits per heavy atom. The minimum Gasteiger partial charge on any atom is -0.354 e. The third-order valence-corrected chi connectivity index (χ3v) is 8.85. The molecule has 0 unspecified atom stereocenters. The van der Waals surface area contributed by atoms with Crippen LogP contribution in [0.4, 0.5) is 17.7 Å². The first kappa shape index (κ1) is 30.0. The molecule has 3 heterocycles. The smallest absolute Gasteiger partial charge is 0.242 e. The molecular weight excluding hydrogens is 564 g/mol. The third kappa shape index (κ3) is 7.13. The molecule has 0 saturated carbocycles. The van der Waals surface area contributed by atoms with E-state index in [1.165, 1.54) is 10.6 Å². The molecular formula is C30H36N10O2S. The van der Waals surface area contributed by atoms with Gasteiger partial charge in [-0.1, -0.05) is 42.5 Å². The highest BCUT2D eigenvalue weighted by atomic mass is 32.2. The standard InChI is InChI=1S/C30H36N10O2S/c1-37(2)18-19-38(3)43(41,42)25-14-8-10-23(20-25)11-9-16-31-29-32-17-15-27(36-29)39(4)30-35-26(24-12-6-5-7-13-24)21-28-33-22-34-40(28)30/h5-8,10,12-15,17,20-22H,9,11,16,18-19H2,1-4H3,(H,31,32,36). The molecule has 224 valence electrons. The summed E-state index contributed by atoms with van der Waals surface area (Å²) in [6.07, 6.45) is 4.67. The molecule has 0 fully saturated rings. The predicted octanol–water partition coefficient (Wildman–Crippen LogP) is 3.58. The van der Waals surface area contributed by atoms with Crippen LogP contribution in [-0.2, 0) is 16.4 Å². The van der Waals surface area contributed by atoms with Gasteiger partial charge in [0.2, 0.25) is 21.9 Å². The number of sulfonamides is 1. The number of likely N-dealkylation sites (N-methyl/N-ethyl adjacent to an activating group) is 2. The van der Waals surface area contributed by atoms with E-state index in [0.717, 1.165) is 23.2 Å². The average Bonchev–Trinajstić information content (AvgIpc) is 3.51. The highest BCUT2D eigenvalue weighted by Gasteiger charge is 2.21. The minimum absolute atomic E-state index is 0.310. The Balaban J connectivity index is 1.23. The maximum atomic E-state index is 13.0. The Bertz CT molecular complexity index is 1780. The van der Waals surface area contributed by atoms with Crippen molar-refractivity contribution in [2.75, 3.05) is 58.0 Å². The lowest BCUT2D eigenvalue weighted by atomic mass is 10.1. The molecule has 1 N–H and O–H groups in total. The van der Waals surface area contributed by atoms with E-state index < -0.39 is 10.0 Å². The summed E-state index contributed by atoms with van der Waals surface area (Å²) in [5, 5.41) is 7.65. The number of hydrogen-bond acceptors (Lipinski definition) is 10. The fourth-order valence-corrected chi connectivity index (χ4v) is 5.74. The van der Waals surface area contributed by atoms with Gasteiger partial charge in [-0.25, -0.2) is 23.4 Å². The minimum atomic E-state index is -3.54. The normalized spacial score (nSPS) is 11.9. The summed E-state index contributed by atoms with van der Waals surface area (Å²) in [4.78, 5) is 22.4. The molecule has 3 aromatic heterocycles. The van der Waals surface area contributed by atoms with Crippen LogP contribution in [0.2, 0.25) is 0 Å². The molecule has 5 aromatic rings. The second-order valence-electron chi connectivity index (χ2n) is 10.4. The van der Waals surface area contributed by atoms with Gasteiger partial charge in [0.15, 0.2) is 5.65 Å². The van der Waals surface area contributed by atoms with Gasteiger partial charge in [0.25, 0.3) is 0 Å². The molecule has 0 radical (unpaired) electrons. The number of fused-ring (bicyclic) bond motifs is 1. The lowest BCUT2D eigenvalue weighted by Gasteiger charge is -2.20. The van der Waals surface area contributed by atoms with Gasteiger partial charge in [-0.15, -0.1) is 0 Å². The van der Waals surface area contributed by atoms with Crippen molar-refractivity contribution in [3.05, 3.63) is 84.8 Å². The number of anilines is 3. The molecule has 0 aliphatic heterocycles. The molecule has 5 rings (SSSR count). The zero-order valence-corrected chi connectivity index (χ0v) is 25.6. The van der Waals surface area contributed by atoms with Crippen LogP contribution in [0, 0.1) is 0 Å². The second kappa shape index (κ2) is 13.2. The quantitative estimate of drug-likeness (QED) is 0.201. The van der Waals surface area contributed by atoms with E-state index in [2.05, 4.69) is 20.4 Å². The van der Waals surface area contributed by atoms with E-state index in [1.807, 2.05) is 79.5 Å². The van der Waals surface area contributed by atoms with E-state index in [1.54, 1.807) is 36.0 Å². The summed E-state index contributed by atoms with van der Waals surface area (Å²) in [5.74, 6) is 1.70. The van der Waals surface area contributed by atoms with Gasteiger partial charge in [0, 0.05) is 51.6 Å². The number of aromatic nitrogens is 6. The summed E-state index contributed by atoms with van der Waals surface area (Å²) in [6, 6.07) is 20.8. The Labute approximate surface area is 252 Å². The third-order valence-electron chi connectivity index (χ3n) is 7.00. The molecule has 0 saturated heterocycles. The van der Waals surface area contributed by atoms with Gasteiger partial charge in [-0.3, -0.25) is 4.90 Å². The van der Waals surface area contributed by atoms with Crippen molar-refractivity contribution in [1.29, 1.82) is 0 Å². The maximum absolute atomic E-state index is 13.0. The van der Waals surface area contributed by atoms with Crippen LogP contribution in [0.1, 0.15) is 12.0 Å². The Kier molecular flexibility index (Phi) is 9.24. The highest BCUT2D eigenvalue weighted by Crippen LogP contribution is 2.26. The molecule has 43 heavy (non-hydrogen) atoms. The van der Waals surface area contributed by atoms with Gasteiger partial charge in [0.05, 0.1) is 10.6 Å². The largest absolute Gasteiger partial charge is 0.354 e. The first-order valence-corrected chi connectivity index (χ1v) is 15.4. The number of rotatable bonds is 13. The lowest BCUT2D eigenvalue weighted by Crippen LogP contribution is -2.33. The van der Waals surface area contributed by atoms with Crippen LogP contribution in [0.15, 0.2) is 84.1 Å². The fraction of sp³-hybridized carbons (Fsp3) is 0.300.